The van der Waals surface area contributed by atoms with Crippen molar-refractivity contribution in [2.24, 2.45) is 11.7 Å². The fourth-order valence-corrected chi connectivity index (χ4v) is 1.93. The number of rotatable bonds is 5. The molecule has 0 spiro atoms. The van der Waals surface area contributed by atoms with Crippen LogP contribution in [-0.2, 0) is 0 Å². The minimum Gasteiger partial charge on any atom is -0.388 e. The lowest BCUT2D eigenvalue weighted by atomic mass is 10.1. The molecule has 3 nitrogen and oxygen atoms in total. The molecule has 1 saturated carbocycles. The number of hydrogen-bond donors (Lipinski definition) is 2. The van der Waals surface area contributed by atoms with Crippen molar-refractivity contribution in [2.45, 2.75) is 32.2 Å². The van der Waals surface area contributed by atoms with E-state index in [1.54, 1.807) is 0 Å². The van der Waals surface area contributed by atoms with Crippen LogP contribution in [0.1, 0.15) is 31.9 Å². The Balaban J connectivity index is 1.96. The van der Waals surface area contributed by atoms with Crippen LogP contribution in [-0.4, -0.2) is 16.0 Å². The molecule has 1 atom stereocenters. The lowest BCUT2D eigenvalue weighted by Gasteiger charge is -2.14. The van der Waals surface area contributed by atoms with Crippen LogP contribution < -0.4 is 11.1 Å². The lowest BCUT2D eigenvalue weighted by molar-refractivity contribution is 0.640. The molecule has 0 aromatic carbocycles. The van der Waals surface area contributed by atoms with Crippen LogP contribution in [0.3, 0.4) is 0 Å². The van der Waals surface area contributed by atoms with Crippen LogP contribution in [0.25, 0.3) is 0 Å². The van der Waals surface area contributed by atoms with Crippen molar-refractivity contribution >= 4 is 23.0 Å². The van der Waals surface area contributed by atoms with Gasteiger partial charge < -0.3 is 11.1 Å². The average Bonchev–Trinajstić information content (AvgIpc) is 3.01. The molecule has 1 fully saturated rings. The highest BCUT2D eigenvalue weighted by Gasteiger charge is 2.23. The summed E-state index contributed by atoms with van der Waals surface area (Å²) in [6, 6.07) is 6.17. The summed E-state index contributed by atoms with van der Waals surface area (Å²) in [6.45, 7) is 2.19. The van der Waals surface area contributed by atoms with Crippen LogP contribution in [0.4, 0.5) is 5.82 Å². The number of nitrogens with two attached hydrogens (primary N) is 1. The lowest BCUT2D eigenvalue weighted by Crippen LogP contribution is -2.18. The van der Waals surface area contributed by atoms with E-state index in [4.69, 9.17) is 18.0 Å². The van der Waals surface area contributed by atoms with Gasteiger partial charge in [-0.2, -0.15) is 0 Å². The molecule has 2 rings (SSSR count). The second-order valence-electron chi connectivity index (χ2n) is 4.50. The minimum atomic E-state index is 0.346. The highest BCUT2D eigenvalue weighted by Crippen LogP contribution is 2.33. The van der Waals surface area contributed by atoms with Crippen molar-refractivity contribution in [1.82, 2.24) is 4.98 Å². The molecular weight excluding hydrogens is 218 g/mol. The predicted octanol–water partition coefficient (Wildman–Crippen LogP) is 2.32. The van der Waals surface area contributed by atoms with Gasteiger partial charge in [0.15, 0.2) is 0 Å². The smallest absolute Gasteiger partial charge is 0.126 e. The van der Waals surface area contributed by atoms with Gasteiger partial charge in [0, 0.05) is 6.04 Å². The fraction of sp³-hybridized carbons (Fsp3) is 0.500. The van der Waals surface area contributed by atoms with E-state index in [-0.39, 0.29) is 0 Å². The Morgan fingerprint density at radius 1 is 1.62 bits per heavy atom. The van der Waals surface area contributed by atoms with Crippen LogP contribution in [0, 0.1) is 5.92 Å². The SMILES string of the molecule is CC(CC1CC1)Nc1cccc(C(N)=S)n1. The molecule has 0 bridgehead atoms. The zero-order valence-electron chi connectivity index (χ0n) is 9.44. The van der Waals surface area contributed by atoms with E-state index >= 15 is 0 Å². The van der Waals surface area contributed by atoms with Crippen molar-refractivity contribution in [2.75, 3.05) is 5.32 Å². The predicted molar refractivity (Wildman–Crippen MR) is 70.6 cm³/mol. The van der Waals surface area contributed by atoms with Crippen LogP contribution in [0.5, 0.6) is 0 Å². The number of aromatic nitrogens is 1. The van der Waals surface area contributed by atoms with Crippen molar-refractivity contribution in [3.63, 3.8) is 0 Å². The molecule has 0 saturated heterocycles. The monoisotopic (exact) mass is 235 g/mol. The summed E-state index contributed by atoms with van der Waals surface area (Å²) in [5, 5.41) is 3.38. The third kappa shape index (κ3) is 3.17. The zero-order chi connectivity index (χ0) is 11.5. The Bertz CT molecular complexity index is 388. The van der Waals surface area contributed by atoms with Gasteiger partial charge >= 0.3 is 0 Å². The van der Waals surface area contributed by atoms with E-state index in [0.717, 1.165) is 11.7 Å². The molecule has 4 heteroatoms. The van der Waals surface area contributed by atoms with Crippen LogP contribution in [0.15, 0.2) is 18.2 Å². The van der Waals surface area contributed by atoms with E-state index in [1.807, 2.05) is 18.2 Å². The van der Waals surface area contributed by atoms with Crippen LogP contribution in [0.2, 0.25) is 0 Å². The molecule has 1 heterocycles. The summed E-state index contributed by atoms with van der Waals surface area (Å²) in [7, 11) is 0. The minimum absolute atomic E-state index is 0.346. The Labute approximate surface area is 101 Å². The second-order valence-corrected chi connectivity index (χ2v) is 4.94. The van der Waals surface area contributed by atoms with E-state index in [2.05, 4.69) is 17.2 Å². The average molecular weight is 235 g/mol. The number of anilines is 1. The molecule has 1 aromatic heterocycles. The first-order chi connectivity index (χ1) is 7.65. The maximum atomic E-state index is 5.55. The molecule has 1 unspecified atom stereocenters. The van der Waals surface area contributed by atoms with Gasteiger partial charge in [-0.3, -0.25) is 0 Å². The largest absolute Gasteiger partial charge is 0.388 e. The number of pyridine rings is 1. The third-order valence-corrected chi connectivity index (χ3v) is 2.99. The zero-order valence-corrected chi connectivity index (χ0v) is 10.3. The van der Waals surface area contributed by atoms with Gasteiger partial charge in [0.05, 0.1) is 5.69 Å². The van der Waals surface area contributed by atoms with Crippen molar-refractivity contribution in [1.29, 1.82) is 0 Å². The first kappa shape index (κ1) is 11.3. The molecule has 1 aliphatic carbocycles. The van der Waals surface area contributed by atoms with E-state index in [1.165, 1.54) is 19.3 Å². The topological polar surface area (TPSA) is 50.9 Å². The van der Waals surface area contributed by atoms with Gasteiger partial charge in [0.2, 0.25) is 0 Å². The first-order valence-electron chi connectivity index (χ1n) is 5.68. The number of nitrogens with one attached hydrogen (secondary N) is 1. The molecule has 0 amide bonds. The first-order valence-corrected chi connectivity index (χ1v) is 6.09. The van der Waals surface area contributed by atoms with E-state index in [9.17, 15) is 0 Å². The summed E-state index contributed by atoms with van der Waals surface area (Å²) in [5.74, 6) is 1.78. The van der Waals surface area contributed by atoms with Crippen molar-refractivity contribution in [3.05, 3.63) is 23.9 Å². The molecular formula is C12H17N3S. The summed E-state index contributed by atoms with van der Waals surface area (Å²) >= 11 is 4.90. The van der Waals surface area contributed by atoms with Crippen molar-refractivity contribution in [3.8, 4) is 0 Å². The van der Waals surface area contributed by atoms with E-state index < -0.39 is 0 Å². The summed E-state index contributed by atoms with van der Waals surface area (Å²) in [4.78, 5) is 4.71. The van der Waals surface area contributed by atoms with Gasteiger partial charge in [-0.05, 0) is 31.4 Å². The molecule has 3 N–H and O–H groups in total. The number of nitrogens with zero attached hydrogens (tertiary/aromatic N) is 1. The van der Waals surface area contributed by atoms with Gasteiger partial charge in [0.25, 0.3) is 0 Å². The number of hydrogen-bond acceptors (Lipinski definition) is 3. The highest BCUT2D eigenvalue weighted by atomic mass is 32.1. The quantitative estimate of drug-likeness (QED) is 0.769. The maximum absolute atomic E-state index is 5.55. The van der Waals surface area contributed by atoms with Crippen LogP contribution >= 0.6 is 12.2 Å². The molecule has 1 aliphatic rings. The molecule has 86 valence electrons. The summed E-state index contributed by atoms with van der Waals surface area (Å²) < 4.78 is 0. The Morgan fingerprint density at radius 3 is 3.00 bits per heavy atom. The summed E-state index contributed by atoms with van der Waals surface area (Å²) in [5.41, 5.74) is 6.22. The Morgan fingerprint density at radius 2 is 2.38 bits per heavy atom. The molecule has 0 radical (unpaired) electrons. The summed E-state index contributed by atoms with van der Waals surface area (Å²) in [6.07, 6.45) is 3.98. The standard InChI is InChI=1S/C12H17N3S/c1-8(7-9-5-6-9)14-11-4-2-3-10(15-11)12(13)16/h2-4,8-9H,5-7H2,1H3,(H2,13,16)(H,14,15). The Kier molecular flexibility index (Phi) is 3.39. The van der Waals surface area contributed by atoms with Gasteiger partial charge in [-0.15, -0.1) is 0 Å². The fourth-order valence-electron chi connectivity index (χ4n) is 1.82. The molecule has 0 aliphatic heterocycles. The van der Waals surface area contributed by atoms with Gasteiger partial charge in [0.1, 0.15) is 10.8 Å². The maximum Gasteiger partial charge on any atom is 0.126 e. The van der Waals surface area contributed by atoms with Gasteiger partial charge in [-0.1, -0.05) is 31.1 Å². The second kappa shape index (κ2) is 4.78. The Hall–Kier alpha value is -1.16. The third-order valence-electron chi connectivity index (χ3n) is 2.78. The van der Waals surface area contributed by atoms with Gasteiger partial charge in [-0.25, -0.2) is 4.98 Å². The van der Waals surface area contributed by atoms with Crippen molar-refractivity contribution < 1.29 is 0 Å². The molecule has 16 heavy (non-hydrogen) atoms. The molecule has 1 aromatic rings. The van der Waals surface area contributed by atoms with E-state index in [0.29, 0.717) is 16.7 Å². The highest BCUT2D eigenvalue weighted by molar-refractivity contribution is 7.80. The normalized spacial score (nSPS) is 16.8. The number of thiocarbonyl (C=S) groups is 1.